The van der Waals surface area contributed by atoms with E-state index in [-0.39, 0.29) is 15.0 Å². The van der Waals surface area contributed by atoms with Crippen molar-refractivity contribution in [2.45, 2.75) is 130 Å². The van der Waals surface area contributed by atoms with E-state index >= 15 is 0 Å². The van der Waals surface area contributed by atoms with Gasteiger partial charge in [-0.25, -0.2) is 0 Å². The Labute approximate surface area is 205 Å². The van der Waals surface area contributed by atoms with Gasteiger partial charge in [0.05, 0.1) is 13.2 Å². The minimum Gasteiger partial charge on any atom is -0.427 e. The summed E-state index contributed by atoms with van der Waals surface area (Å²) in [6.07, 6.45) is 22.5. The summed E-state index contributed by atoms with van der Waals surface area (Å²) < 4.78 is 16.4. The normalized spacial score (nSPS) is 11.5. The molecule has 0 saturated heterocycles. The summed E-state index contributed by atoms with van der Waals surface area (Å²) >= 11 is 0. The first-order chi connectivity index (χ1) is 16.3. The number of esters is 1. The second-order valence-electron chi connectivity index (χ2n) is 9.00. The number of ether oxygens (including phenoxy) is 1. The zero-order chi connectivity index (χ0) is 23.8. The van der Waals surface area contributed by atoms with Crippen molar-refractivity contribution in [1.29, 1.82) is 0 Å². The Morgan fingerprint density at radius 3 is 1.64 bits per heavy atom. The average Bonchev–Trinajstić information content (AvgIpc) is 2.83. The molecule has 0 amide bonds. The van der Waals surface area contributed by atoms with E-state index in [2.05, 4.69) is 6.92 Å². The molecule has 0 bridgehead atoms. The summed E-state index contributed by atoms with van der Waals surface area (Å²) in [5, 5.41) is 0. The fourth-order valence-electron chi connectivity index (χ4n) is 3.78. The second kappa shape index (κ2) is 22.8. The number of rotatable bonds is 23. The molecule has 1 unspecified atom stereocenters. The smallest absolute Gasteiger partial charge is 0.310 e. The molecule has 0 radical (unpaired) electrons. The van der Waals surface area contributed by atoms with E-state index in [1.165, 1.54) is 96.3 Å². The largest absolute Gasteiger partial charge is 0.427 e. The Morgan fingerprint density at radius 2 is 1.15 bits per heavy atom. The van der Waals surface area contributed by atoms with E-state index in [1.807, 2.05) is 12.1 Å². The van der Waals surface area contributed by atoms with E-state index in [1.54, 1.807) is 19.1 Å². The molecule has 0 fully saturated rings. The first-order valence-electron chi connectivity index (χ1n) is 13.5. The highest BCUT2D eigenvalue weighted by Gasteiger charge is 2.02. The van der Waals surface area contributed by atoms with Gasteiger partial charge in [0.2, 0.25) is 0 Å². The minimum atomic E-state index is -0.219. The van der Waals surface area contributed by atoms with Gasteiger partial charge in [-0.3, -0.25) is 4.79 Å². The highest BCUT2D eigenvalue weighted by Crippen LogP contribution is 2.20. The predicted molar refractivity (Wildman–Crippen MR) is 141 cm³/mol. The lowest BCUT2D eigenvalue weighted by molar-refractivity contribution is -0.134. The maximum atomic E-state index is 11.3. The molecular weight excluding hydrogens is 431 g/mol. The van der Waals surface area contributed by atoms with Crippen molar-refractivity contribution in [1.82, 2.24) is 0 Å². The van der Waals surface area contributed by atoms with Crippen molar-refractivity contribution < 1.29 is 18.6 Å². The lowest BCUT2D eigenvalue weighted by Crippen LogP contribution is -2.05. The van der Waals surface area contributed by atoms with Gasteiger partial charge in [0, 0.05) is 6.42 Å². The number of carbonyl (C=O) groups excluding carboxylic acids is 1. The molecule has 4 nitrogen and oxygen atoms in total. The van der Waals surface area contributed by atoms with E-state index in [9.17, 15) is 4.79 Å². The third kappa shape index (κ3) is 19.1. The first-order valence-corrected chi connectivity index (χ1v) is 14.4. The molecule has 0 aliphatic carbocycles. The van der Waals surface area contributed by atoms with Gasteiger partial charge in [0.15, 0.2) is 9.03 Å². The molecule has 0 heterocycles. The number of benzene rings is 1. The van der Waals surface area contributed by atoms with Gasteiger partial charge < -0.3 is 13.8 Å². The molecule has 0 aromatic heterocycles. The van der Waals surface area contributed by atoms with Crippen LogP contribution in [0.1, 0.15) is 129 Å². The summed E-state index contributed by atoms with van der Waals surface area (Å²) in [7, 11) is 0.0767. The van der Waals surface area contributed by atoms with Crippen molar-refractivity contribution >= 4 is 15.0 Å². The molecule has 0 saturated carbocycles. The SMILES string of the molecule is CCCCCCCCCCCCCCCCCCOPOCc1ccc(OC(=O)CC)cc1. The monoisotopic (exact) mass is 480 g/mol. The van der Waals surface area contributed by atoms with Gasteiger partial charge in [-0.1, -0.05) is 122 Å². The van der Waals surface area contributed by atoms with Crippen LogP contribution >= 0.6 is 9.03 Å². The maximum absolute atomic E-state index is 11.3. The maximum Gasteiger partial charge on any atom is 0.310 e. The van der Waals surface area contributed by atoms with Crippen LogP contribution in [-0.4, -0.2) is 12.6 Å². The van der Waals surface area contributed by atoms with Crippen LogP contribution in [0, 0.1) is 0 Å². The molecule has 1 rings (SSSR count). The van der Waals surface area contributed by atoms with E-state index in [4.69, 9.17) is 13.8 Å². The summed E-state index contributed by atoms with van der Waals surface area (Å²) in [6, 6.07) is 7.43. The topological polar surface area (TPSA) is 44.8 Å². The molecular formula is C28H49O4P. The van der Waals surface area contributed by atoms with Gasteiger partial charge in [-0.15, -0.1) is 0 Å². The van der Waals surface area contributed by atoms with Gasteiger partial charge in [-0.05, 0) is 24.1 Å². The second-order valence-corrected chi connectivity index (χ2v) is 9.74. The van der Waals surface area contributed by atoms with Crippen molar-refractivity contribution in [3.8, 4) is 5.75 Å². The van der Waals surface area contributed by atoms with Crippen LogP contribution in [0.5, 0.6) is 5.75 Å². The average molecular weight is 481 g/mol. The van der Waals surface area contributed by atoms with Crippen LogP contribution in [-0.2, 0) is 20.4 Å². The Bertz CT molecular complexity index is 562. The molecule has 0 aliphatic heterocycles. The number of hydrogen-bond donors (Lipinski definition) is 0. The van der Waals surface area contributed by atoms with Gasteiger partial charge in [-0.2, -0.15) is 0 Å². The van der Waals surface area contributed by atoms with Crippen LogP contribution in [0.15, 0.2) is 24.3 Å². The van der Waals surface area contributed by atoms with Crippen LogP contribution in [0.25, 0.3) is 0 Å². The number of hydrogen-bond acceptors (Lipinski definition) is 4. The summed E-state index contributed by atoms with van der Waals surface area (Å²) in [5.41, 5.74) is 1.05. The van der Waals surface area contributed by atoms with Gasteiger partial charge in [0.25, 0.3) is 0 Å². The molecule has 1 aromatic carbocycles. The minimum absolute atomic E-state index is 0.0767. The van der Waals surface area contributed by atoms with Crippen molar-refractivity contribution in [3.63, 3.8) is 0 Å². The molecule has 0 spiro atoms. The molecule has 1 aromatic rings. The Balaban J connectivity index is 1.78. The van der Waals surface area contributed by atoms with E-state index < -0.39 is 0 Å². The summed E-state index contributed by atoms with van der Waals surface area (Å²) in [5.74, 6) is 0.357. The fourth-order valence-corrected chi connectivity index (χ4v) is 4.31. The number of carbonyl (C=O) groups is 1. The highest BCUT2D eigenvalue weighted by molar-refractivity contribution is 7.26. The van der Waals surface area contributed by atoms with Crippen molar-refractivity contribution in [3.05, 3.63) is 29.8 Å². The zero-order valence-corrected chi connectivity index (χ0v) is 22.4. The molecule has 5 heteroatoms. The summed E-state index contributed by atoms with van der Waals surface area (Å²) in [4.78, 5) is 11.3. The molecule has 190 valence electrons. The fraction of sp³-hybridized carbons (Fsp3) is 0.750. The lowest BCUT2D eigenvalue weighted by Gasteiger charge is -2.07. The first kappa shape index (κ1) is 30.1. The van der Waals surface area contributed by atoms with Crippen LogP contribution < -0.4 is 4.74 Å². The van der Waals surface area contributed by atoms with Gasteiger partial charge >= 0.3 is 5.97 Å². The summed E-state index contributed by atoms with van der Waals surface area (Å²) in [6.45, 7) is 5.36. The zero-order valence-electron chi connectivity index (χ0n) is 21.4. The molecule has 0 N–H and O–H groups in total. The van der Waals surface area contributed by atoms with Gasteiger partial charge in [0.1, 0.15) is 5.75 Å². The van der Waals surface area contributed by atoms with Crippen LogP contribution in [0.2, 0.25) is 0 Å². The van der Waals surface area contributed by atoms with Crippen molar-refractivity contribution in [2.75, 3.05) is 6.61 Å². The predicted octanol–water partition coefficient (Wildman–Crippen LogP) is 9.31. The van der Waals surface area contributed by atoms with E-state index in [0.29, 0.717) is 18.8 Å². The third-order valence-corrected chi connectivity index (χ3v) is 6.48. The number of unbranched alkanes of at least 4 members (excludes halogenated alkanes) is 15. The standard InChI is InChI=1S/C28H49O4P/c1-3-5-6-7-8-9-10-11-12-13-14-15-16-17-18-19-24-30-33-31-25-26-20-22-27(23-21-26)32-28(29)4-2/h20-23,33H,3-19,24-25H2,1-2H3. The van der Waals surface area contributed by atoms with Crippen LogP contribution in [0.3, 0.4) is 0 Å². The molecule has 0 aliphatic rings. The van der Waals surface area contributed by atoms with Crippen molar-refractivity contribution in [2.24, 2.45) is 0 Å². The Kier molecular flexibility index (Phi) is 20.8. The Morgan fingerprint density at radius 1 is 0.667 bits per heavy atom. The Hall–Kier alpha value is -0.960. The van der Waals surface area contributed by atoms with Crippen LogP contribution in [0.4, 0.5) is 0 Å². The quantitative estimate of drug-likeness (QED) is 0.0677. The highest BCUT2D eigenvalue weighted by atomic mass is 31.1. The molecule has 1 atom stereocenters. The van der Waals surface area contributed by atoms with E-state index in [0.717, 1.165) is 18.6 Å². The third-order valence-electron chi connectivity index (χ3n) is 5.90. The molecule has 33 heavy (non-hydrogen) atoms. The lowest BCUT2D eigenvalue weighted by atomic mass is 10.0.